The summed E-state index contributed by atoms with van der Waals surface area (Å²) in [5.74, 6) is 0. The first-order chi connectivity index (χ1) is 8.72. The summed E-state index contributed by atoms with van der Waals surface area (Å²) in [6.45, 7) is 0. The first-order valence-corrected chi connectivity index (χ1v) is 6.03. The van der Waals surface area contributed by atoms with Crippen molar-refractivity contribution in [3.8, 4) is 0 Å². The highest BCUT2D eigenvalue weighted by Crippen LogP contribution is 2.53. The summed E-state index contributed by atoms with van der Waals surface area (Å²) in [4.78, 5) is 10.5. The van der Waals surface area contributed by atoms with Crippen LogP contribution in [0.5, 0.6) is 0 Å². The normalized spacial score (nSPS) is 16.2. The largest absolute Gasteiger partial charge is 0.269 e. The molecule has 90 valence electrons. The minimum Gasteiger partial charge on any atom is -0.258 e. The van der Waals surface area contributed by atoms with Crippen LogP contribution in [0.25, 0.3) is 0 Å². The van der Waals surface area contributed by atoms with Crippen LogP contribution >= 0.6 is 0 Å². The number of hydrogen-bond donors (Lipinski definition) is 0. The van der Waals surface area contributed by atoms with Crippen LogP contribution in [-0.4, -0.2) is 4.92 Å². The van der Waals surface area contributed by atoms with Gasteiger partial charge in [-0.05, 0) is 24.0 Å². The molecule has 1 aliphatic carbocycles. The summed E-state index contributed by atoms with van der Waals surface area (Å²) in [7, 11) is 0. The van der Waals surface area contributed by atoms with Crippen molar-refractivity contribution in [1.29, 1.82) is 0 Å². The van der Waals surface area contributed by atoms with E-state index < -0.39 is 0 Å². The molecule has 0 bridgehead atoms. The Kier molecular flexibility index (Phi) is 2.40. The lowest BCUT2D eigenvalue weighted by atomic mass is 9.88. The highest BCUT2D eigenvalue weighted by atomic mass is 16.6. The topological polar surface area (TPSA) is 43.1 Å². The van der Waals surface area contributed by atoms with Gasteiger partial charge in [0.1, 0.15) is 0 Å². The molecule has 0 aromatic heterocycles. The van der Waals surface area contributed by atoms with Crippen molar-refractivity contribution in [2.75, 3.05) is 0 Å². The standard InChI is InChI=1S/C15H13NO2/c17-16(18)14-8-4-7-13(11-14)15(9-10-15)12-5-2-1-3-6-12/h1-8,11H,9-10H2. The maximum atomic E-state index is 10.8. The average molecular weight is 239 g/mol. The molecule has 0 amide bonds. The molecule has 1 fully saturated rings. The Morgan fingerprint density at radius 3 is 2.22 bits per heavy atom. The molecule has 0 radical (unpaired) electrons. The fourth-order valence-electron chi connectivity index (χ4n) is 2.54. The second-order valence-electron chi connectivity index (χ2n) is 4.76. The quantitative estimate of drug-likeness (QED) is 0.605. The van der Waals surface area contributed by atoms with Gasteiger partial charge in [-0.2, -0.15) is 0 Å². The van der Waals surface area contributed by atoms with E-state index in [0.29, 0.717) is 0 Å². The molecule has 0 atom stereocenters. The van der Waals surface area contributed by atoms with Crippen LogP contribution in [0.3, 0.4) is 0 Å². The third-order valence-corrected chi connectivity index (χ3v) is 3.69. The minimum atomic E-state index is -0.329. The van der Waals surface area contributed by atoms with Crippen molar-refractivity contribution < 1.29 is 4.92 Å². The highest BCUT2D eigenvalue weighted by molar-refractivity contribution is 5.48. The van der Waals surface area contributed by atoms with Crippen LogP contribution in [-0.2, 0) is 5.41 Å². The second kappa shape index (κ2) is 3.95. The number of nitrogens with zero attached hydrogens (tertiary/aromatic N) is 1. The van der Waals surface area contributed by atoms with Crippen molar-refractivity contribution in [2.45, 2.75) is 18.3 Å². The Bertz CT molecular complexity index is 588. The fourth-order valence-corrected chi connectivity index (χ4v) is 2.54. The zero-order valence-electron chi connectivity index (χ0n) is 9.87. The smallest absolute Gasteiger partial charge is 0.258 e. The van der Waals surface area contributed by atoms with Gasteiger partial charge in [0.2, 0.25) is 0 Å². The summed E-state index contributed by atoms with van der Waals surface area (Å²) in [5, 5.41) is 10.8. The molecule has 1 aliphatic rings. The molecular weight excluding hydrogens is 226 g/mol. The zero-order chi connectivity index (χ0) is 12.6. The first-order valence-electron chi connectivity index (χ1n) is 6.03. The lowest BCUT2D eigenvalue weighted by Gasteiger charge is -2.15. The van der Waals surface area contributed by atoms with Crippen LogP contribution in [0.2, 0.25) is 0 Å². The number of hydrogen-bond acceptors (Lipinski definition) is 2. The van der Waals surface area contributed by atoms with E-state index in [2.05, 4.69) is 12.1 Å². The molecule has 0 aliphatic heterocycles. The third kappa shape index (κ3) is 1.68. The molecule has 3 heteroatoms. The molecule has 3 rings (SSSR count). The number of non-ortho nitro benzene ring substituents is 1. The van der Waals surface area contributed by atoms with E-state index in [0.717, 1.165) is 18.4 Å². The SMILES string of the molecule is O=[N+]([O-])c1cccc(C2(c3ccccc3)CC2)c1. The van der Waals surface area contributed by atoms with E-state index in [1.807, 2.05) is 24.3 Å². The van der Waals surface area contributed by atoms with Gasteiger partial charge in [0.15, 0.2) is 0 Å². The van der Waals surface area contributed by atoms with Crippen LogP contribution < -0.4 is 0 Å². The Hall–Kier alpha value is -2.16. The van der Waals surface area contributed by atoms with Gasteiger partial charge >= 0.3 is 0 Å². The van der Waals surface area contributed by atoms with Gasteiger partial charge in [-0.15, -0.1) is 0 Å². The van der Waals surface area contributed by atoms with Gasteiger partial charge in [0.25, 0.3) is 5.69 Å². The molecule has 0 N–H and O–H groups in total. The van der Waals surface area contributed by atoms with Gasteiger partial charge in [0, 0.05) is 17.5 Å². The van der Waals surface area contributed by atoms with E-state index >= 15 is 0 Å². The highest BCUT2D eigenvalue weighted by Gasteiger charge is 2.46. The number of nitro benzene ring substituents is 1. The van der Waals surface area contributed by atoms with Crippen LogP contribution in [0.4, 0.5) is 5.69 Å². The maximum absolute atomic E-state index is 10.8. The molecule has 3 nitrogen and oxygen atoms in total. The average Bonchev–Trinajstić information content (AvgIpc) is 3.21. The number of benzene rings is 2. The van der Waals surface area contributed by atoms with Gasteiger partial charge in [-0.25, -0.2) is 0 Å². The summed E-state index contributed by atoms with van der Waals surface area (Å²) < 4.78 is 0. The molecule has 0 heterocycles. The lowest BCUT2D eigenvalue weighted by Crippen LogP contribution is -2.08. The summed E-state index contributed by atoms with van der Waals surface area (Å²) in [6.07, 6.45) is 2.14. The predicted octanol–water partition coefficient (Wildman–Crippen LogP) is 3.67. The second-order valence-corrected chi connectivity index (χ2v) is 4.76. The fraction of sp³-hybridized carbons (Fsp3) is 0.200. The number of nitro groups is 1. The molecule has 0 spiro atoms. The molecule has 2 aromatic rings. The van der Waals surface area contributed by atoms with E-state index in [-0.39, 0.29) is 16.0 Å². The Morgan fingerprint density at radius 1 is 0.944 bits per heavy atom. The lowest BCUT2D eigenvalue weighted by molar-refractivity contribution is -0.384. The van der Waals surface area contributed by atoms with E-state index in [4.69, 9.17) is 0 Å². The molecule has 18 heavy (non-hydrogen) atoms. The van der Waals surface area contributed by atoms with Crippen molar-refractivity contribution in [2.24, 2.45) is 0 Å². The first kappa shape index (κ1) is 11.0. The summed E-state index contributed by atoms with van der Waals surface area (Å²) >= 11 is 0. The van der Waals surface area contributed by atoms with Crippen molar-refractivity contribution in [1.82, 2.24) is 0 Å². The van der Waals surface area contributed by atoms with Crippen LogP contribution in [0.1, 0.15) is 24.0 Å². The molecule has 0 unspecified atom stereocenters. The van der Waals surface area contributed by atoms with Crippen molar-refractivity contribution in [3.05, 3.63) is 75.8 Å². The summed E-state index contributed by atoms with van der Waals surface area (Å²) in [6, 6.07) is 17.3. The molecule has 0 saturated heterocycles. The zero-order valence-corrected chi connectivity index (χ0v) is 9.87. The number of rotatable bonds is 3. The monoisotopic (exact) mass is 239 g/mol. The third-order valence-electron chi connectivity index (χ3n) is 3.69. The molecule has 1 saturated carbocycles. The Labute approximate surface area is 105 Å². The van der Waals surface area contributed by atoms with Gasteiger partial charge in [-0.1, -0.05) is 42.5 Å². The predicted molar refractivity (Wildman–Crippen MR) is 69.6 cm³/mol. The van der Waals surface area contributed by atoms with Crippen LogP contribution in [0.15, 0.2) is 54.6 Å². The van der Waals surface area contributed by atoms with Crippen LogP contribution in [0, 0.1) is 10.1 Å². The minimum absolute atomic E-state index is 0.00722. The van der Waals surface area contributed by atoms with Gasteiger partial charge in [-0.3, -0.25) is 10.1 Å². The molecule has 2 aromatic carbocycles. The van der Waals surface area contributed by atoms with Crippen molar-refractivity contribution >= 4 is 5.69 Å². The van der Waals surface area contributed by atoms with E-state index in [1.54, 1.807) is 18.2 Å². The Balaban J connectivity index is 2.05. The molecular formula is C15H13NO2. The van der Waals surface area contributed by atoms with Crippen molar-refractivity contribution in [3.63, 3.8) is 0 Å². The van der Waals surface area contributed by atoms with Gasteiger partial charge in [0.05, 0.1) is 4.92 Å². The van der Waals surface area contributed by atoms with Gasteiger partial charge < -0.3 is 0 Å². The van der Waals surface area contributed by atoms with E-state index in [1.165, 1.54) is 5.56 Å². The Morgan fingerprint density at radius 2 is 1.61 bits per heavy atom. The summed E-state index contributed by atoms with van der Waals surface area (Å²) in [5.41, 5.74) is 2.50. The van der Waals surface area contributed by atoms with E-state index in [9.17, 15) is 10.1 Å². The maximum Gasteiger partial charge on any atom is 0.269 e.